The van der Waals surface area contributed by atoms with Gasteiger partial charge in [0.2, 0.25) is 0 Å². The summed E-state index contributed by atoms with van der Waals surface area (Å²) >= 11 is 0. The van der Waals surface area contributed by atoms with Crippen LogP contribution < -0.4 is 0 Å². The number of nitrogens with zero attached hydrogens (tertiary/aromatic N) is 3. The molecule has 45 heavy (non-hydrogen) atoms. The number of pyridine rings is 2. The van der Waals surface area contributed by atoms with Crippen LogP contribution in [-0.4, -0.2) is 14.4 Å². The number of hydrogen-bond donors (Lipinski definition) is 0. The van der Waals surface area contributed by atoms with E-state index in [1.54, 1.807) is 6.20 Å². The summed E-state index contributed by atoms with van der Waals surface area (Å²) in [5.74, 6) is 0. The topological polar surface area (TPSA) is 43.3 Å². The SMILES string of the molecule is [Ir].[c-]1cc2c(cc1-c1ccccn1)c1cc3c4ccccc4oc3c3c4ccccc4n2c13.[c-]1ccccc1-c1ccccn1. The molecule has 0 aliphatic heterocycles. The molecule has 215 valence electrons. The van der Waals surface area contributed by atoms with Crippen LogP contribution >= 0.6 is 0 Å². The van der Waals surface area contributed by atoms with Crippen LogP contribution in [0, 0.1) is 12.1 Å². The molecule has 1 radical (unpaired) electrons. The summed E-state index contributed by atoms with van der Waals surface area (Å²) in [6.45, 7) is 0. The number of benzene rings is 5. The smallest absolute Gasteiger partial charge is 0.145 e. The van der Waals surface area contributed by atoms with Gasteiger partial charge in [-0.3, -0.25) is 0 Å². The molecule has 0 aliphatic carbocycles. The van der Waals surface area contributed by atoms with Crippen molar-refractivity contribution in [3.8, 4) is 22.5 Å². The molecule has 0 N–H and O–H groups in total. The fourth-order valence-electron chi connectivity index (χ4n) is 6.42. The normalized spacial score (nSPS) is 11.4. The molecule has 10 rings (SSSR count). The molecular weight excluding hydrogens is 731 g/mol. The first-order valence-electron chi connectivity index (χ1n) is 14.6. The minimum Gasteiger partial charge on any atom is -0.455 e. The van der Waals surface area contributed by atoms with Crippen molar-refractivity contribution in [2.45, 2.75) is 0 Å². The fourth-order valence-corrected chi connectivity index (χ4v) is 6.42. The van der Waals surface area contributed by atoms with Gasteiger partial charge in [-0.1, -0.05) is 66.0 Å². The molecule has 0 amide bonds. The maximum Gasteiger partial charge on any atom is 0.145 e. The van der Waals surface area contributed by atoms with Gasteiger partial charge in [-0.2, -0.15) is 0 Å². The molecule has 0 unspecified atom stereocenters. The predicted octanol–water partition coefficient (Wildman–Crippen LogP) is 10.1. The Kier molecular flexibility index (Phi) is 6.64. The largest absolute Gasteiger partial charge is 0.455 e. The Bertz CT molecular complexity index is 2550. The second-order valence-electron chi connectivity index (χ2n) is 10.8. The zero-order chi connectivity index (χ0) is 29.0. The third kappa shape index (κ3) is 4.32. The number of rotatable bonds is 2. The molecule has 4 nitrogen and oxygen atoms in total. The molecular formula is C40H23IrN3O-2. The van der Waals surface area contributed by atoms with Crippen LogP contribution in [-0.2, 0) is 20.1 Å². The molecule has 0 fully saturated rings. The third-order valence-corrected chi connectivity index (χ3v) is 8.33. The van der Waals surface area contributed by atoms with Crippen LogP contribution in [0.1, 0.15) is 0 Å². The van der Waals surface area contributed by atoms with Crippen LogP contribution in [0.2, 0.25) is 0 Å². The average molecular weight is 754 g/mol. The second-order valence-corrected chi connectivity index (χ2v) is 10.8. The number of aromatic nitrogens is 3. The average Bonchev–Trinajstić information content (AvgIpc) is 3.76. The van der Waals surface area contributed by atoms with E-state index < -0.39 is 0 Å². The van der Waals surface area contributed by atoms with E-state index >= 15 is 0 Å². The Morgan fingerprint density at radius 2 is 1.27 bits per heavy atom. The first-order chi connectivity index (χ1) is 21.8. The van der Waals surface area contributed by atoms with E-state index in [1.165, 1.54) is 32.6 Å². The molecule has 0 aliphatic rings. The molecule has 10 aromatic rings. The fraction of sp³-hybridized carbons (Fsp3) is 0. The summed E-state index contributed by atoms with van der Waals surface area (Å²) in [6, 6.07) is 49.8. The standard InChI is InChI=1S/C29H15N2O.C11H8N.Ir/c1-3-10-24-19(8-1)27-28-21(16-22-18-7-2-4-11-26(18)32-29(22)27)20-15-17(12-13-25(20)31(24)28)23-9-5-6-14-30-23;1-2-6-10(7-3-1)11-8-4-5-9-12-11;/h1-11,13-16H;1-6,8-9H;/q2*-1;. The Labute approximate surface area is 272 Å². The third-order valence-electron chi connectivity index (χ3n) is 8.33. The summed E-state index contributed by atoms with van der Waals surface area (Å²) in [7, 11) is 0. The van der Waals surface area contributed by atoms with Crippen molar-refractivity contribution in [3.05, 3.63) is 152 Å². The number of fused-ring (bicyclic) bond motifs is 10. The molecule has 0 bridgehead atoms. The van der Waals surface area contributed by atoms with Crippen molar-refractivity contribution in [2.75, 3.05) is 0 Å². The Hall–Kier alpha value is -5.35. The van der Waals surface area contributed by atoms with Crippen LogP contribution in [0.25, 0.3) is 82.5 Å². The zero-order valence-electron chi connectivity index (χ0n) is 23.9. The van der Waals surface area contributed by atoms with Crippen LogP contribution in [0.5, 0.6) is 0 Å². The molecule has 0 atom stereocenters. The van der Waals surface area contributed by atoms with E-state index in [4.69, 9.17) is 4.42 Å². The summed E-state index contributed by atoms with van der Waals surface area (Å²) < 4.78 is 8.79. The Balaban J connectivity index is 0.000000196. The van der Waals surface area contributed by atoms with E-state index in [-0.39, 0.29) is 20.1 Å². The minimum atomic E-state index is 0. The maximum atomic E-state index is 6.43. The quantitative estimate of drug-likeness (QED) is 0.165. The summed E-state index contributed by atoms with van der Waals surface area (Å²) in [4.78, 5) is 8.76. The van der Waals surface area contributed by atoms with Gasteiger partial charge < -0.3 is 18.8 Å². The molecule has 5 heterocycles. The van der Waals surface area contributed by atoms with Gasteiger partial charge in [0.15, 0.2) is 0 Å². The molecule has 0 saturated carbocycles. The first-order valence-corrected chi connectivity index (χ1v) is 14.6. The Morgan fingerprint density at radius 3 is 2.02 bits per heavy atom. The molecule has 5 aromatic heterocycles. The molecule has 5 heteroatoms. The minimum absolute atomic E-state index is 0. The van der Waals surface area contributed by atoms with Gasteiger partial charge in [0, 0.05) is 54.2 Å². The van der Waals surface area contributed by atoms with E-state index in [0.717, 1.165) is 50.0 Å². The van der Waals surface area contributed by atoms with Crippen molar-refractivity contribution in [1.29, 1.82) is 0 Å². The first kappa shape index (κ1) is 27.2. The van der Waals surface area contributed by atoms with Crippen molar-refractivity contribution in [3.63, 3.8) is 0 Å². The van der Waals surface area contributed by atoms with Gasteiger partial charge in [-0.05, 0) is 52.6 Å². The van der Waals surface area contributed by atoms with Crippen molar-refractivity contribution >= 4 is 60.0 Å². The predicted molar refractivity (Wildman–Crippen MR) is 179 cm³/mol. The summed E-state index contributed by atoms with van der Waals surface area (Å²) in [5.41, 5.74) is 9.39. The van der Waals surface area contributed by atoms with Crippen molar-refractivity contribution < 1.29 is 24.5 Å². The van der Waals surface area contributed by atoms with Crippen molar-refractivity contribution in [2.24, 2.45) is 0 Å². The monoisotopic (exact) mass is 754 g/mol. The van der Waals surface area contributed by atoms with E-state index in [9.17, 15) is 0 Å². The zero-order valence-corrected chi connectivity index (χ0v) is 26.3. The van der Waals surface area contributed by atoms with Gasteiger partial charge in [0.1, 0.15) is 11.2 Å². The summed E-state index contributed by atoms with van der Waals surface area (Å²) in [5, 5.41) is 7.15. The Morgan fingerprint density at radius 1 is 0.556 bits per heavy atom. The van der Waals surface area contributed by atoms with Gasteiger partial charge in [0.05, 0.1) is 10.9 Å². The van der Waals surface area contributed by atoms with Crippen LogP contribution in [0.3, 0.4) is 0 Å². The van der Waals surface area contributed by atoms with Gasteiger partial charge in [-0.15, -0.1) is 59.7 Å². The summed E-state index contributed by atoms with van der Waals surface area (Å²) in [6.07, 6.45) is 3.62. The van der Waals surface area contributed by atoms with E-state index in [0.29, 0.717) is 0 Å². The van der Waals surface area contributed by atoms with Gasteiger partial charge >= 0.3 is 0 Å². The molecule has 0 saturated heterocycles. The van der Waals surface area contributed by atoms with Crippen LogP contribution in [0.15, 0.2) is 144 Å². The van der Waals surface area contributed by atoms with Gasteiger partial charge in [-0.25, -0.2) is 0 Å². The van der Waals surface area contributed by atoms with Crippen LogP contribution in [0.4, 0.5) is 0 Å². The second kappa shape index (κ2) is 11.0. The number of hydrogen-bond acceptors (Lipinski definition) is 3. The molecule has 5 aromatic carbocycles. The van der Waals surface area contributed by atoms with E-state index in [1.807, 2.05) is 79.0 Å². The number of para-hydroxylation sites is 2. The molecule has 0 spiro atoms. The van der Waals surface area contributed by atoms with Crippen molar-refractivity contribution in [1.82, 2.24) is 14.4 Å². The number of furan rings is 1. The van der Waals surface area contributed by atoms with Gasteiger partial charge in [0.25, 0.3) is 0 Å². The van der Waals surface area contributed by atoms with E-state index in [2.05, 4.69) is 81.1 Å². The maximum absolute atomic E-state index is 6.43.